The number of nitrogens with zero attached hydrogens (tertiary/aromatic N) is 1. The van der Waals surface area contributed by atoms with Crippen molar-refractivity contribution in [2.45, 2.75) is 44.3 Å². The summed E-state index contributed by atoms with van der Waals surface area (Å²) in [6, 6.07) is 4.78. The van der Waals surface area contributed by atoms with E-state index in [1.54, 1.807) is 13.8 Å². The van der Waals surface area contributed by atoms with Gasteiger partial charge in [-0.2, -0.15) is 13.2 Å². The van der Waals surface area contributed by atoms with Crippen LogP contribution in [0.1, 0.15) is 37.8 Å². The van der Waals surface area contributed by atoms with Crippen LogP contribution in [-0.4, -0.2) is 56.9 Å². The van der Waals surface area contributed by atoms with Gasteiger partial charge >= 0.3 is 6.18 Å². The van der Waals surface area contributed by atoms with Gasteiger partial charge in [0.2, 0.25) is 5.91 Å². The fourth-order valence-electron chi connectivity index (χ4n) is 3.18. The Labute approximate surface area is 164 Å². The standard InChI is InChI=1S/C19H27F3N2O3S/c1-18(2,14-5-4-6-15(13-14)19(20,21)22)17(25)23-16-7-9-24(10-8-16)11-12-28(3,26)27/h4-6,13,16H,7-12H2,1-3H3,(H,23,25). The zero-order chi connectivity index (χ0) is 21.2. The van der Waals surface area contributed by atoms with E-state index in [2.05, 4.69) is 5.32 Å². The van der Waals surface area contributed by atoms with Gasteiger partial charge in [-0.1, -0.05) is 18.2 Å². The van der Waals surface area contributed by atoms with Gasteiger partial charge in [-0.15, -0.1) is 0 Å². The zero-order valence-corrected chi connectivity index (χ0v) is 17.2. The molecule has 2 rings (SSSR count). The Morgan fingerprint density at radius 1 is 1.18 bits per heavy atom. The summed E-state index contributed by atoms with van der Waals surface area (Å²) in [6.45, 7) is 5.03. The van der Waals surface area contributed by atoms with E-state index in [9.17, 15) is 26.4 Å². The molecule has 28 heavy (non-hydrogen) atoms. The molecule has 9 heteroatoms. The molecule has 1 aliphatic heterocycles. The van der Waals surface area contributed by atoms with Gasteiger partial charge in [0.25, 0.3) is 0 Å². The van der Waals surface area contributed by atoms with Crippen LogP contribution in [0.25, 0.3) is 0 Å². The fourth-order valence-corrected chi connectivity index (χ4v) is 3.77. The molecule has 1 fully saturated rings. The number of benzene rings is 1. The molecule has 0 unspecified atom stereocenters. The van der Waals surface area contributed by atoms with Gasteiger partial charge < -0.3 is 10.2 Å². The number of hydrogen-bond acceptors (Lipinski definition) is 4. The van der Waals surface area contributed by atoms with E-state index >= 15 is 0 Å². The van der Waals surface area contributed by atoms with Crippen LogP contribution in [-0.2, 0) is 26.2 Å². The number of nitrogens with one attached hydrogen (secondary N) is 1. The van der Waals surface area contributed by atoms with Crippen LogP contribution in [0.3, 0.4) is 0 Å². The number of sulfone groups is 1. The van der Waals surface area contributed by atoms with E-state index in [4.69, 9.17) is 0 Å². The van der Waals surface area contributed by atoms with E-state index in [1.807, 2.05) is 4.90 Å². The van der Waals surface area contributed by atoms with Crippen molar-refractivity contribution in [3.63, 3.8) is 0 Å². The molecule has 5 nitrogen and oxygen atoms in total. The van der Waals surface area contributed by atoms with Crippen molar-refractivity contribution < 1.29 is 26.4 Å². The first-order chi connectivity index (χ1) is 12.8. The number of halogens is 3. The summed E-state index contributed by atoms with van der Waals surface area (Å²) in [7, 11) is -3.01. The van der Waals surface area contributed by atoms with Crippen molar-refractivity contribution in [3.8, 4) is 0 Å². The van der Waals surface area contributed by atoms with E-state index in [-0.39, 0.29) is 17.7 Å². The molecule has 158 valence electrons. The first-order valence-electron chi connectivity index (χ1n) is 9.18. The normalized spacial score (nSPS) is 17.5. The van der Waals surface area contributed by atoms with E-state index in [0.717, 1.165) is 12.1 Å². The molecule has 1 saturated heterocycles. The van der Waals surface area contributed by atoms with E-state index < -0.39 is 27.0 Å². The van der Waals surface area contributed by atoms with Crippen LogP contribution < -0.4 is 5.32 Å². The second kappa shape index (κ2) is 8.41. The molecule has 0 bridgehead atoms. The Morgan fingerprint density at radius 3 is 2.29 bits per heavy atom. The Bertz CT molecular complexity index is 799. The molecule has 0 radical (unpaired) electrons. The smallest absolute Gasteiger partial charge is 0.353 e. The summed E-state index contributed by atoms with van der Waals surface area (Å²) >= 11 is 0. The van der Waals surface area contributed by atoms with Gasteiger partial charge in [0, 0.05) is 31.9 Å². The summed E-state index contributed by atoms with van der Waals surface area (Å²) < 4.78 is 61.4. The highest BCUT2D eigenvalue weighted by Crippen LogP contribution is 2.33. The quantitative estimate of drug-likeness (QED) is 0.768. The van der Waals surface area contributed by atoms with Crippen molar-refractivity contribution in [2.75, 3.05) is 31.6 Å². The summed E-state index contributed by atoms with van der Waals surface area (Å²) in [5.41, 5.74) is -1.57. The van der Waals surface area contributed by atoms with Crippen molar-refractivity contribution in [1.82, 2.24) is 10.2 Å². The number of alkyl halides is 3. The number of carbonyl (C=O) groups excluding carboxylic acids is 1. The molecular weight excluding hydrogens is 393 g/mol. The Morgan fingerprint density at radius 2 is 1.75 bits per heavy atom. The van der Waals surface area contributed by atoms with Crippen LogP contribution in [0.5, 0.6) is 0 Å². The van der Waals surface area contributed by atoms with Crippen LogP contribution in [0, 0.1) is 0 Å². The van der Waals surface area contributed by atoms with Crippen LogP contribution in [0.15, 0.2) is 24.3 Å². The van der Waals surface area contributed by atoms with Gasteiger partial charge in [0.15, 0.2) is 0 Å². The number of hydrogen-bond donors (Lipinski definition) is 1. The van der Waals surface area contributed by atoms with Gasteiger partial charge in [0.05, 0.1) is 16.7 Å². The highest BCUT2D eigenvalue weighted by Gasteiger charge is 2.36. The maximum absolute atomic E-state index is 13.0. The van der Waals surface area contributed by atoms with Crippen molar-refractivity contribution in [3.05, 3.63) is 35.4 Å². The highest BCUT2D eigenvalue weighted by molar-refractivity contribution is 7.90. The number of carbonyl (C=O) groups is 1. The number of piperidine rings is 1. The molecule has 1 heterocycles. The predicted molar refractivity (Wildman–Crippen MR) is 102 cm³/mol. The van der Waals surface area contributed by atoms with Crippen LogP contribution in [0.2, 0.25) is 0 Å². The largest absolute Gasteiger partial charge is 0.416 e. The minimum Gasteiger partial charge on any atom is -0.353 e. The lowest BCUT2D eigenvalue weighted by Crippen LogP contribution is -2.50. The van der Waals surface area contributed by atoms with Crippen molar-refractivity contribution >= 4 is 15.7 Å². The van der Waals surface area contributed by atoms with Crippen molar-refractivity contribution in [2.24, 2.45) is 0 Å². The SMILES string of the molecule is CC(C)(C(=O)NC1CCN(CCS(C)(=O)=O)CC1)c1cccc(C(F)(F)F)c1. The maximum Gasteiger partial charge on any atom is 0.416 e. The topological polar surface area (TPSA) is 66.5 Å². The summed E-state index contributed by atoms with van der Waals surface area (Å²) in [6.07, 6.45) is -1.90. The summed E-state index contributed by atoms with van der Waals surface area (Å²) in [5, 5.41) is 2.94. The summed E-state index contributed by atoms with van der Waals surface area (Å²) in [5.74, 6) is -0.214. The third-order valence-electron chi connectivity index (χ3n) is 5.18. The third-order valence-corrected chi connectivity index (χ3v) is 6.10. The molecule has 1 N–H and O–H groups in total. The van der Waals surface area contributed by atoms with Gasteiger partial charge in [-0.05, 0) is 38.3 Å². The molecule has 0 aromatic heterocycles. The summed E-state index contributed by atoms with van der Waals surface area (Å²) in [4.78, 5) is 14.8. The minimum absolute atomic E-state index is 0.0768. The lowest BCUT2D eigenvalue weighted by atomic mass is 9.82. The number of amides is 1. The molecule has 1 aliphatic rings. The fraction of sp³-hybridized carbons (Fsp3) is 0.632. The average molecular weight is 420 g/mol. The maximum atomic E-state index is 13.0. The van der Waals surface area contributed by atoms with Gasteiger partial charge in [-0.3, -0.25) is 4.79 Å². The van der Waals surface area contributed by atoms with E-state index in [0.29, 0.717) is 38.0 Å². The first-order valence-corrected chi connectivity index (χ1v) is 11.2. The molecule has 0 atom stereocenters. The monoisotopic (exact) mass is 420 g/mol. The lowest BCUT2D eigenvalue weighted by molar-refractivity contribution is -0.138. The minimum atomic E-state index is -4.46. The second-order valence-corrected chi connectivity index (χ2v) is 10.2. The van der Waals surface area contributed by atoms with E-state index in [1.165, 1.54) is 18.4 Å². The molecule has 0 spiro atoms. The lowest BCUT2D eigenvalue weighted by Gasteiger charge is -2.34. The molecule has 1 aromatic rings. The molecule has 0 saturated carbocycles. The van der Waals surface area contributed by atoms with Gasteiger partial charge in [-0.25, -0.2) is 8.42 Å². The number of likely N-dealkylation sites (tertiary alicyclic amines) is 1. The highest BCUT2D eigenvalue weighted by atomic mass is 32.2. The Kier molecular flexibility index (Phi) is 6.81. The van der Waals surface area contributed by atoms with Crippen LogP contribution in [0.4, 0.5) is 13.2 Å². The van der Waals surface area contributed by atoms with Gasteiger partial charge in [0.1, 0.15) is 9.84 Å². The first kappa shape index (κ1) is 22.7. The predicted octanol–water partition coefficient (Wildman–Crippen LogP) is 2.61. The molecule has 0 aliphatic carbocycles. The van der Waals surface area contributed by atoms with Crippen molar-refractivity contribution in [1.29, 1.82) is 0 Å². The third kappa shape index (κ3) is 6.20. The zero-order valence-electron chi connectivity index (χ0n) is 16.3. The average Bonchev–Trinajstić information content (AvgIpc) is 2.60. The molecular formula is C19H27F3N2O3S. The molecule has 1 aromatic carbocycles. The molecule has 1 amide bonds. The number of rotatable bonds is 6. The Hall–Kier alpha value is -1.61. The second-order valence-electron chi connectivity index (χ2n) is 7.92. The Balaban J connectivity index is 1.96. The van der Waals surface area contributed by atoms with Crippen LogP contribution >= 0.6 is 0 Å².